The fraction of sp³-hybridized carbons (Fsp3) is 0.562. The van der Waals surface area contributed by atoms with Crippen molar-refractivity contribution in [3.63, 3.8) is 0 Å². The van der Waals surface area contributed by atoms with Crippen molar-refractivity contribution in [2.24, 2.45) is 11.3 Å². The largest absolute Gasteiger partial charge is 0.481 e. The number of sulfonamides is 1. The summed E-state index contributed by atoms with van der Waals surface area (Å²) in [5.74, 6) is -1.17. The molecule has 1 heterocycles. The molecule has 1 aliphatic heterocycles. The average Bonchev–Trinajstić information content (AvgIpc) is 3.07. The first-order valence-corrected chi connectivity index (χ1v) is 9.53. The number of aryl methyl sites for hydroxylation is 1. The predicted octanol–water partition coefficient (Wildman–Crippen LogP) is 2.09. The summed E-state index contributed by atoms with van der Waals surface area (Å²) < 4.78 is 27.4. The fourth-order valence-corrected chi connectivity index (χ4v) is 5.97. The summed E-state index contributed by atoms with van der Waals surface area (Å²) in [6.07, 6.45) is 1.93. The first-order valence-electron chi connectivity index (χ1n) is 8.09. The minimum atomic E-state index is -4.00. The lowest BCUT2D eigenvalue weighted by Crippen LogP contribution is -2.37. The van der Waals surface area contributed by atoms with Crippen molar-refractivity contribution in [1.29, 1.82) is 0 Å². The highest BCUT2D eigenvalue weighted by Gasteiger charge is 2.57. The van der Waals surface area contributed by atoms with Crippen LogP contribution in [-0.4, -0.2) is 41.8 Å². The number of carboxylic acids is 1. The first kappa shape index (κ1) is 17.8. The molecule has 25 heavy (non-hydrogen) atoms. The number of carboxylic acid groups (broad SMARTS) is 1. The molecule has 1 N–H and O–H groups in total. The molecule has 8 nitrogen and oxygen atoms in total. The Bertz CT molecular complexity index is 866. The van der Waals surface area contributed by atoms with Gasteiger partial charge in [-0.3, -0.25) is 14.9 Å². The van der Waals surface area contributed by atoms with E-state index in [1.165, 1.54) is 10.4 Å². The lowest BCUT2D eigenvalue weighted by atomic mass is 9.81. The van der Waals surface area contributed by atoms with E-state index in [4.69, 9.17) is 0 Å². The molecule has 1 saturated heterocycles. The minimum absolute atomic E-state index is 0.0729. The van der Waals surface area contributed by atoms with Crippen molar-refractivity contribution in [3.8, 4) is 0 Å². The summed E-state index contributed by atoms with van der Waals surface area (Å²) in [7, 11) is -4.00. The second-order valence-electron chi connectivity index (χ2n) is 6.99. The van der Waals surface area contributed by atoms with Crippen LogP contribution in [0.15, 0.2) is 17.0 Å². The van der Waals surface area contributed by atoms with Gasteiger partial charge in [0, 0.05) is 25.2 Å². The standard InChI is InChI=1S/C16H20N2O6S/c1-10-6-13(18(21)22)7-14(11(10)2)25(23,24)17-8-12-4-3-5-16(12,9-17)15(19)20/h6-7,12H,3-5,8-9H2,1-2H3,(H,19,20)/t12-,16+/m0/s1. The van der Waals surface area contributed by atoms with Crippen molar-refractivity contribution in [1.82, 2.24) is 4.31 Å². The molecule has 3 rings (SSSR count). The van der Waals surface area contributed by atoms with Gasteiger partial charge < -0.3 is 5.11 Å². The molecule has 1 aromatic rings. The molecule has 1 saturated carbocycles. The Morgan fingerprint density at radius 3 is 2.64 bits per heavy atom. The van der Waals surface area contributed by atoms with Crippen LogP contribution in [0.5, 0.6) is 0 Å². The van der Waals surface area contributed by atoms with Crippen LogP contribution in [0.1, 0.15) is 30.4 Å². The van der Waals surface area contributed by atoms with Crippen LogP contribution < -0.4 is 0 Å². The van der Waals surface area contributed by atoms with E-state index in [9.17, 15) is 28.4 Å². The summed E-state index contributed by atoms with van der Waals surface area (Å²) in [5.41, 5.74) is -0.349. The van der Waals surface area contributed by atoms with E-state index in [1.807, 2.05) is 0 Å². The Kier molecular flexibility index (Phi) is 4.11. The second kappa shape index (κ2) is 5.77. The highest BCUT2D eigenvalue weighted by atomic mass is 32.2. The summed E-state index contributed by atoms with van der Waals surface area (Å²) in [5, 5.41) is 20.7. The normalized spacial score (nSPS) is 26.6. The fourth-order valence-electron chi connectivity index (χ4n) is 4.10. The van der Waals surface area contributed by atoms with Crippen LogP contribution >= 0.6 is 0 Å². The molecular weight excluding hydrogens is 348 g/mol. The first-order chi connectivity index (χ1) is 11.6. The number of aliphatic carboxylic acids is 1. The molecule has 2 aliphatic rings. The number of fused-ring (bicyclic) bond motifs is 1. The maximum atomic E-state index is 13.1. The maximum absolute atomic E-state index is 13.1. The number of carbonyl (C=O) groups is 1. The third-order valence-electron chi connectivity index (χ3n) is 5.70. The van der Waals surface area contributed by atoms with E-state index in [1.54, 1.807) is 13.8 Å². The van der Waals surface area contributed by atoms with Crippen molar-refractivity contribution in [3.05, 3.63) is 33.4 Å². The van der Waals surface area contributed by atoms with Crippen LogP contribution in [0.3, 0.4) is 0 Å². The van der Waals surface area contributed by atoms with Gasteiger partial charge >= 0.3 is 5.97 Å². The molecule has 0 radical (unpaired) electrons. The van der Waals surface area contributed by atoms with Crippen molar-refractivity contribution in [2.75, 3.05) is 13.1 Å². The quantitative estimate of drug-likeness (QED) is 0.642. The van der Waals surface area contributed by atoms with Gasteiger partial charge in [0.2, 0.25) is 10.0 Å². The number of nitro groups is 1. The Morgan fingerprint density at radius 2 is 2.08 bits per heavy atom. The molecule has 9 heteroatoms. The molecular formula is C16H20N2O6S. The molecule has 0 aromatic heterocycles. The predicted molar refractivity (Wildman–Crippen MR) is 88.7 cm³/mol. The number of rotatable bonds is 4. The van der Waals surface area contributed by atoms with Gasteiger partial charge in [0.05, 0.1) is 15.2 Å². The van der Waals surface area contributed by atoms with Gasteiger partial charge in [0.25, 0.3) is 5.69 Å². The zero-order valence-corrected chi connectivity index (χ0v) is 14.9. The number of nitrogens with zero attached hydrogens (tertiary/aromatic N) is 2. The molecule has 0 unspecified atom stereocenters. The molecule has 136 valence electrons. The Hall–Kier alpha value is -2.00. The topological polar surface area (TPSA) is 118 Å². The van der Waals surface area contributed by atoms with E-state index < -0.39 is 26.3 Å². The van der Waals surface area contributed by atoms with E-state index >= 15 is 0 Å². The molecule has 0 spiro atoms. The van der Waals surface area contributed by atoms with Crippen LogP contribution in [0.4, 0.5) is 5.69 Å². The van der Waals surface area contributed by atoms with E-state index in [-0.39, 0.29) is 29.6 Å². The van der Waals surface area contributed by atoms with Crippen LogP contribution in [0.25, 0.3) is 0 Å². The molecule has 1 aliphatic carbocycles. The van der Waals surface area contributed by atoms with Gasteiger partial charge in [0.15, 0.2) is 0 Å². The van der Waals surface area contributed by atoms with Gasteiger partial charge in [-0.25, -0.2) is 8.42 Å². The monoisotopic (exact) mass is 368 g/mol. The number of hydrogen-bond donors (Lipinski definition) is 1. The molecule has 0 amide bonds. The van der Waals surface area contributed by atoms with E-state index in [2.05, 4.69) is 0 Å². The summed E-state index contributed by atoms with van der Waals surface area (Å²) in [6.45, 7) is 3.31. The summed E-state index contributed by atoms with van der Waals surface area (Å²) in [6, 6.07) is 2.41. The SMILES string of the molecule is Cc1cc([N+](=O)[O-])cc(S(=O)(=O)N2C[C@@H]3CCC[C@@]3(C(=O)O)C2)c1C. The Morgan fingerprint density at radius 1 is 1.40 bits per heavy atom. The third kappa shape index (κ3) is 2.62. The maximum Gasteiger partial charge on any atom is 0.311 e. The summed E-state index contributed by atoms with van der Waals surface area (Å²) >= 11 is 0. The van der Waals surface area contributed by atoms with Crippen LogP contribution in [-0.2, 0) is 14.8 Å². The lowest BCUT2D eigenvalue weighted by molar-refractivity contribution is -0.385. The number of non-ortho nitro benzene ring substituents is 1. The molecule has 0 bridgehead atoms. The smallest absolute Gasteiger partial charge is 0.311 e. The molecule has 2 fully saturated rings. The van der Waals surface area contributed by atoms with Gasteiger partial charge in [-0.05, 0) is 43.7 Å². The Balaban J connectivity index is 2.04. The highest BCUT2D eigenvalue weighted by Crippen LogP contribution is 2.50. The van der Waals surface area contributed by atoms with Crippen molar-refractivity contribution in [2.45, 2.75) is 38.0 Å². The van der Waals surface area contributed by atoms with Crippen LogP contribution in [0.2, 0.25) is 0 Å². The van der Waals surface area contributed by atoms with Crippen molar-refractivity contribution >= 4 is 21.7 Å². The van der Waals surface area contributed by atoms with E-state index in [0.29, 0.717) is 24.0 Å². The number of hydrogen-bond acceptors (Lipinski definition) is 5. The van der Waals surface area contributed by atoms with Gasteiger partial charge in [-0.2, -0.15) is 4.31 Å². The molecule has 2 atom stereocenters. The Labute approximate surface area is 145 Å². The van der Waals surface area contributed by atoms with E-state index in [0.717, 1.165) is 12.5 Å². The van der Waals surface area contributed by atoms with Crippen molar-refractivity contribution < 1.29 is 23.2 Å². The summed E-state index contributed by atoms with van der Waals surface area (Å²) in [4.78, 5) is 22.1. The zero-order chi connectivity index (χ0) is 18.6. The lowest BCUT2D eigenvalue weighted by Gasteiger charge is -2.23. The highest BCUT2D eigenvalue weighted by molar-refractivity contribution is 7.89. The number of nitro benzene ring substituents is 1. The average molecular weight is 368 g/mol. The van der Waals surface area contributed by atoms with Gasteiger partial charge in [-0.1, -0.05) is 6.42 Å². The minimum Gasteiger partial charge on any atom is -0.481 e. The zero-order valence-electron chi connectivity index (χ0n) is 14.1. The third-order valence-corrected chi connectivity index (χ3v) is 7.64. The number of benzene rings is 1. The van der Waals surface area contributed by atoms with Crippen LogP contribution in [0, 0.1) is 35.3 Å². The van der Waals surface area contributed by atoms with Gasteiger partial charge in [-0.15, -0.1) is 0 Å². The second-order valence-corrected chi connectivity index (χ2v) is 8.90. The van der Waals surface area contributed by atoms with Gasteiger partial charge in [0.1, 0.15) is 0 Å². The molecule has 1 aromatic carbocycles.